The first-order chi connectivity index (χ1) is 19.5. The molecule has 0 saturated carbocycles. The summed E-state index contributed by atoms with van der Waals surface area (Å²) in [5.74, 6) is -0.917. The lowest BCUT2D eigenvalue weighted by Crippen LogP contribution is -2.30. The Balaban J connectivity index is 1.49. The van der Waals surface area contributed by atoms with Crippen molar-refractivity contribution in [1.82, 2.24) is 4.98 Å². The first-order valence-electron chi connectivity index (χ1n) is 13.6. The van der Waals surface area contributed by atoms with Crippen molar-refractivity contribution in [3.8, 4) is 5.75 Å². The van der Waals surface area contributed by atoms with Gasteiger partial charge in [-0.2, -0.15) is 0 Å². The molecule has 1 unspecified atom stereocenters. The van der Waals surface area contributed by atoms with Gasteiger partial charge in [-0.15, -0.1) is 0 Å². The van der Waals surface area contributed by atoms with Crippen molar-refractivity contribution in [1.29, 1.82) is 0 Å². The predicted molar refractivity (Wildman–Crippen MR) is 161 cm³/mol. The van der Waals surface area contributed by atoms with Crippen LogP contribution in [0.4, 0.5) is 5.13 Å². The molecular weight excluding hydrogens is 520 g/mol. The number of rotatable bonds is 11. The molecule has 1 amide bonds. The van der Waals surface area contributed by atoms with Crippen molar-refractivity contribution in [3.05, 3.63) is 107 Å². The van der Waals surface area contributed by atoms with Crippen molar-refractivity contribution in [2.75, 3.05) is 11.5 Å². The van der Waals surface area contributed by atoms with Crippen molar-refractivity contribution < 1.29 is 19.4 Å². The zero-order chi connectivity index (χ0) is 28.1. The largest absolute Gasteiger partial charge is 0.503 e. The molecule has 40 heavy (non-hydrogen) atoms. The number of aliphatic hydroxyl groups is 1. The number of fused-ring (bicyclic) bond motifs is 1. The number of carbonyl (C=O) groups excluding carboxylic acids is 2. The number of allylic oxidation sites excluding steroid dienone is 1. The van der Waals surface area contributed by atoms with E-state index in [1.54, 1.807) is 6.08 Å². The molecule has 0 aliphatic carbocycles. The molecule has 1 aliphatic heterocycles. The third-order valence-electron chi connectivity index (χ3n) is 6.90. The molecule has 1 aliphatic rings. The highest BCUT2D eigenvalue weighted by atomic mass is 32.1. The second kappa shape index (κ2) is 12.3. The van der Waals surface area contributed by atoms with Gasteiger partial charge >= 0.3 is 0 Å². The fourth-order valence-electron chi connectivity index (χ4n) is 4.78. The van der Waals surface area contributed by atoms with Gasteiger partial charge in [-0.1, -0.05) is 92.1 Å². The summed E-state index contributed by atoms with van der Waals surface area (Å²) in [6.45, 7) is 4.81. The highest BCUT2D eigenvalue weighted by Crippen LogP contribution is 2.44. The van der Waals surface area contributed by atoms with Gasteiger partial charge in [0.2, 0.25) is 0 Å². The minimum absolute atomic E-state index is 0.0286. The second-order valence-electron chi connectivity index (χ2n) is 9.89. The number of carbonyl (C=O) groups is 2. The summed E-state index contributed by atoms with van der Waals surface area (Å²) < 4.78 is 6.83. The lowest BCUT2D eigenvalue weighted by atomic mass is 9.95. The van der Waals surface area contributed by atoms with Gasteiger partial charge < -0.3 is 9.84 Å². The highest BCUT2D eigenvalue weighted by Gasteiger charge is 2.45. The quantitative estimate of drug-likeness (QED) is 0.152. The van der Waals surface area contributed by atoms with Crippen LogP contribution in [0.25, 0.3) is 16.3 Å². The number of aliphatic hydroxyl groups excluding tert-OH is 1. The number of hydrogen-bond donors (Lipinski definition) is 1. The summed E-state index contributed by atoms with van der Waals surface area (Å²) in [5.41, 5.74) is 3.39. The average molecular weight is 553 g/mol. The molecule has 0 radical (unpaired) electrons. The number of thiazole rings is 1. The van der Waals surface area contributed by atoms with Crippen LogP contribution >= 0.6 is 11.3 Å². The Morgan fingerprint density at radius 3 is 2.58 bits per heavy atom. The first-order valence-corrected chi connectivity index (χ1v) is 14.4. The van der Waals surface area contributed by atoms with Crippen LogP contribution in [0.2, 0.25) is 0 Å². The Morgan fingerprint density at radius 2 is 1.82 bits per heavy atom. The molecule has 4 aromatic rings. The Hall–Kier alpha value is -4.23. The standard InChI is InChI=1S/C33H32N2O4S/c1-3-4-5-9-20-39-25-16-14-24(15-17-25)30-29(27(36)19-13-23-10-7-6-8-11-23)31(37)32(38)35(30)33-34-26-18-12-22(2)21-28(26)40-33/h6-8,10-19,21,30,37H,3-5,9,20H2,1-2H3/b19-13+. The van der Waals surface area contributed by atoms with Crippen LogP contribution in [-0.2, 0) is 9.59 Å². The number of nitrogens with zero attached hydrogens (tertiary/aromatic N) is 2. The number of benzene rings is 3. The van der Waals surface area contributed by atoms with Crippen molar-refractivity contribution >= 4 is 44.5 Å². The molecule has 1 aromatic heterocycles. The van der Waals surface area contributed by atoms with E-state index in [4.69, 9.17) is 9.72 Å². The van der Waals surface area contributed by atoms with Crippen molar-refractivity contribution in [3.63, 3.8) is 0 Å². The molecular formula is C33H32N2O4S. The van der Waals surface area contributed by atoms with E-state index in [1.165, 1.54) is 35.2 Å². The topological polar surface area (TPSA) is 79.7 Å². The van der Waals surface area contributed by atoms with Gasteiger partial charge in [0.15, 0.2) is 16.7 Å². The molecule has 5 rings (SSSR count). The van der Waals surface area contributed by atoms with Gasteiger partial charge in [0.05, 0.1) is 28.4 Å². The summed E-state index contributed by atoms with van der Waals surface area (Å²) in [6.07, 6.45) is 7.55. The molecule has 6 nitrogen and oxygen atoms in total. The lowest BCUT2D eigenvalue weighted by Gasteiger charge is -2.24. The lowest BCUT2D eigenvalue weighted by molar-refractivity contribution is -0.117. The molecule has 0 bridgehead atoms. The predicted octanol–water partition coefficient (Wildman–Crippen LogP) is 7.75. The van der Waals surface area contributed by atoms with E-state index in [1.807, 2.05) is 79.7 Å². The van der Waals surface area contributed by atoms with E-state index < -0.39 is 23.5 Å². The maximum atomic E-state index is 13.5. The zero-order valence-corrected chi connectivity index (χ0v) is 23.5. The summed E-state index contributed by atoms with van der Waals surface area (Å²) in [5, 5.41) is 11.5. The minimum Gasteiger partial charge on any atom is -0.503 e. The number of amides is 1. The average Bonchev–Trinajstić information content (AvgIpc) is 3.50. The molecule has 1 N–H and O–H groups in total. The van der Waals surface area contributed by atoms with Gasteiger partial charge in [0.25, 0.3) is 5.91 Å². The third kappa shape index (κ3) is 5.84. The number of anilines is 1. The first kappa shape index (κ1) is 27.3. The van der Waals surface area contributed by atoms with E-state index in [-0.39, 0.29) is 5.57 Å². The van der Waals surface area contributed by atoms with Crippen LogP contribution in [0.5, 0.6) is 5.75 Å². The summed E-state index contributed by atoms with van der Waals surface area (Å²) >= 11 is 1.36. The maximum absolute atomic E-state index is 13.5. The van der Waals surface area contributed by atoms with Crippen LogP contribution in [0.1, 0.15) is 55.3 Å². The number of ether oxygens (including phenoxy) is 1. The number of unbranched alkanes of at least 4 members (excludes halogenated alkanes) is 3. The second-order valence-corrected chi connectivity index (χ2v) is 10.9. The maximum Gasteiger partial charge on any atom is 0.296 e. The third-order valence-corrected chi connectivity index (χ3v) is 7.92. The Labute approximate surface area is 238 Å². The van der Waals surface area contributed by atoms with Gasteiger partial charge in [-0.05, 0) is 60.4 Å². The zero-order valence-electron chi connectivity index (χ0n) is 22.7. The van der Waals surface area contributed by atoms with Crippen molar-refractivity contribution in [2.24, 2.45) is 0 Å². The van der Waals surface area contributed by atoms with E-state index in [0.29, 0.717) is 17.3 Å². The SMILES string of the molecule is CCCCCCOc1ccc(C2C(C(=O)/C=C/c3ccccc3)=C(O)C(=O)N2c2nc3ccc(C)cc3s2)cc1. The van der Waals surface area contributed by atoms with Gasteiger partial charge in [-0.25, -0.2) is 4.98 Å². The summed E-state index contributed by atoms with van der Waals surface area (Å²) in [4.78, 5) is 33.2. The molecule has 7 heteroatoms. The number of ketones is 1. The van der Waals surface area contributed by atoms with E-state index in [2.05, 4.69) is 6.92 Å². The molecule has 2 heterocycles. The summed E-state index contributed by atoms with van der Waals surface area (Å²) in [7, 11) is 0. The smallest absolute Gasteiger partial charge is 0.296 e. The van der Waals surface area contributed by atoms with Crippen LogP contribution < -0.4 is 9.64 Å². The van der Waals surface area contributed by atoms with E-state index in [0.717, 1.165) is 39.9 Å². The number of aryl methyl sites for hydroxylation is 1. The Kier molecular flexibility index (Phi) is 8.41. The normalized spacial score (nSPS) is 15.5. The van der Waals surface area contributed by atoms with Gasteiger partial charge in [0.1, 0.15) is 5.75 Å². The minimum atomic E-state index is -0.833. The Bertz CT molecular complexity index is 1570. The van der Waals surface area contributed by atoms with Crippen LogP contribution in [0, 0.1) is 6.92 Å². The number of aromatic nitrogens is 1. The van der Waals surface area contributed by atoms with Gasteiger partial charge in [-0.3, -0.25) is 14.5 Å². The van der Waals surface area contributed by atoms with Gasteiger partial charge in [0, 0.05) is 0 Å². The molecule has 0 fully saturated rings. The van der Waals surface area contributed by atoms with Crippen LogP contribution in [-0.4, -0.2) is 28.4 Å². The fourth-order valence-corrected chi connectivity index (χ4v) is 5.87. The molecule has 3 aromatic carbocycles. The van der Waals surface area contributed by atoms with Crippen molar-refractivity contribution in [2.45, 2.75) is 45.6 Å². The molecule has 0 saturated heterocycles. The summed E-state index contributed by atoms with van der Waals surface area (Å²) in [6, 6.07) is 21.9. The Morgan fingerprint density at radius 1 is 1.05 bits per heavy atom. The molecule has 204 valence electrons. The van der Waals surface area contributed by atoms with E-state index in [9.17, 15) is 14.7 Å². The van der Waals surface area contributed by atoms with Crippen LogP contribution in [0.3, 0.4) is 0 Å². The van der Waals surface area contributed by atoms with E-state index >= 15 is 0 Å². The molecule has 1 atom stereocenters. The van der Waals surface area contributed by atoms with Crippen LogP contribution in [0.15, 0.2) is 90.2 Å². The fraction of sp³-hybridized carbons (Fsp3) is 0.242. The number of hydrogen-bond acceptors (Lipinski definition) is 6. The monoisotopic (exact) mass is 552 g/mol. The highest BCUT2D eigenvalue weighted by molar-refractivity contribution is 7.22. The molecule has 0 spiro atoms.